The van der Waals surface area contributed by atoms with Gasteiger partial charge in [0.2, 0.25) is 0 Å². The molecule has 0 aliphatic heterocycles. The van der Waals surface area contributed by atoms with Gasteiger partial charge in [0.1, 0.15) is 6.11 Å². The van der Waals surface area contributed by atoms with Crippen LogP contribution in [0.3, 0.4) is 0 Å². The van der Waals surface area contributed by atoms with Crippen LogP contribution >= 0.6 is 7.82 Å². The minimum absolute atomic E-state index is 0.115. The lowest BCUT2D eigenvalue weighted by atomic mass is 9.99. The third-order valence-corrected chi connectivity index (χ3v) is 4.25. The van der Waals surface area contributed by atoms with Gasteiger partial charge in [0.25, 0.3) is 0 Å². The second kappa shape index (κ2) is 8.87. The van der Waals surface area contributed by atoms with E-state index in [-0.39, 0.29) is 18.6 Å². The summed E-state index contributed by atoms with van der Waals surface area (Å²) in [5.74, 6) is 2.87. The minimum Gasteiger partial charge on any atom is -0.350 e. The smallest absolute Gasteiger partial charge is 0.350 e. The van der Waals surface area contributed by atoms with Crippen LogP contribution in [0.2, 0.25) is 0 Å². The lowest BCUT2D eigenvalue weighted by Crippen LogP contribution is -2.02. The Morgan fingerprint density at radius 3 is 1.68 bits per heavy atom. The van der Waals surface area contributed by atoms with Gasteiger partial charge in [-0.05, 0) is 31.9 Å². The van der Waals surface area contributed by atoms with Crippen molar-refractivity contribution in [1.82, 2.24) is 0 Å². The second-order valence-electron chi connectivity index (χ2n) is 6.53. The first-order valence-electron chi connectivity index (χ1n) is 8.04. The van der Waals surface area contributed by atoms with Crippen molar-refractivity contribution in [3.63, 3.8) is 0 Å². The van der Waals surface area contributed by atoms with Gasteiger partial charge < -0.3 is 4.52 Å². The highest BCUT2D eigenvalue weighted by atomic mass is 31.2. The zero-order valence-corrected chi connectivity index (χ0v) is 15.7. The number of rotatable bonds is 7. The molecule has 0 amide bonds. The maximum absolute atomic E-state index is 12.9. The van der Waals surface area contributed by atoms with E-state index in [4.69, 9.17) is 13.6 Å². The molecule has 132 valence electrons. The quantitative estimate of drug-likeness (QED) is 0.481. The Balaban J connectivity index is 2.06. The first kappa shape index (κ1) is 19.3. The lowest BCUT2D eigenvalue weighted by molar-refractivity contribution is 0.135. The standard InChI is InChI=1S/C20H23O4P/c1-20(2,3)14-15-22-25(21,23-16-18-10-6-4-7-11-18)24-17-19-12-8-5-9-13-19/h4-13H,16-17H2,1-3H3. The third-order valence-electron chi connectivity index (χ3n) is 3.05. The summed E-state index contributed by atoms with van der Waals surface area (Å²) in [5.41, 5.74) is 1.47. The van der Waals surface area contributed by atoms with Crippen LogP contribution in [-0.4, -0.2) is 0 Å². The summed E-state index contributed by atoms with van der Waals surface area (Å²) in [5, 5.41) is 0. The van der Waals surface area contributed by atoms with Crippen LogP contribution in [0.1, 0.15) is 31.9 Å². The zero-order chi connectivity index (χ0) is 18.2. The fraction of sp³-hybridized carbons (Fsp3) is 0.300. The van der Waals surface area contributed by atoms with Crippen LogP contribution in [0.25, 0.3) is 0 Å². The SMILES string of the molecule is CC(C)(C)C#COP(=O)(OCc1ccccc1)OCc1ccccc1. The predicted octanol–water partition coefficient (Wildman–Crippen LogP) is 5.55. The van der Waals surface area contributed by atoms with Crippen LogP contribution < -0.4 is 0 Å². The first-order valence-corrected chi connectivity index (χ1v) is 9.50. The fourth-order valence-electron chi connectivity index (χ4n) is 1.78. The van der Waals surface area contributed by atoms with Gasteiger partial charge in [-0.3, -0.25) is 9.05 Å². The van der Waals surface area contributed by atoms with Gasteiger partial charge in [0.05, 0.1) is 13.2 Å². The molecule has 2 aromatic carbocycles. The molecule has 5 heteroatoms. The molecule has 0 saturated heterocycles. The summed E-state index contributed by atoms with van der Waals surface area (Å²) in [6.07, 6.45) is 2.48. The Morgan fingerprint density at radius 1 is 0.840 bits per heavy atom. The van der Waals surface area contributed by atoms with Crippen LogP contribution in [-0.2, 0) is 31.4 Å². The Kier molecular flexibility index (Phi) is 6.84. The Bertz CT molecular complexity index is 708. The molecule has 4 nitrogen and oxygen atoms in total. The predicted molar refractivity (Wildman–Crippen MR) is 98.4 cm³/mol. The average molecular weight is 358 g/mol. The van der Waals surface area contributed by atoms with E-state index < -0.39 is 7.82 Å². The van der Waals surface area contributed by atoms with Crippen molar-refractivity contribution in [2.24, 2.45) is 5.41 Å². The largest absolute Gasteiger partial charge is 0.539 e. The van der Waals surface area contributed by atoms with E-state index in [2.05, 4.69) is 12.0 Å². The minimum atomic E-state index is -3.81. The first-order chi connectivity index (χ1) is 11.9. The molecule has 25 heavy (non-hydrogen) atoms. The normalized spacial score (nSPS) is 11.5. The number of phosphoric ester groups is 1. The maximum Gasteiger partial charge on any atom is 0.539 e. The fourth-order valence-corrected chi connectivity index (χ4v) is 2.73. The van der Waals surface area contributed by atoms with Crippen molar-refractivity contribution in [2.75, 3.05) is 0 Å². The molecule has 0 aromatic heterocycles. The van der Waals surface area contributed by atoms with Gasteiger partial charge >= 0.3 is 7.82 Å². The summed E-state index contributed by atoms with van der Waals surface area (Å²) in [6, 6.07) is 18.9. The van der Waals surface area contributed by atoms with Gasteiger partial charge in [-0.2, -0.15) is 0 Å². The van der Waals surface area contributed by atoms with Crippen LogP contribution in [0.4, 0.5) is 0 Å². The second-order valence-corrected chi connectivity index (χ2v) is 8.13. The lowest BCUT2D eigenvalue weighted by Gasteiger charge is -2.16. The van der Waals surface area contributed by atoms with E-state index in [1.807, 2.05) is 81.4 Å². The molecular weight excluding hydrogens is 335 g/mol. The summed E-state index contributed by atoms with van der Waals surface area (Å²) < 4.78 is 29.0. The molecule has 0 N–H and O–H groups in total. The molecule has 0 atom stereocenters. The summed E-state index contributed by atoms with van der Waals surface area (Å²) in [7, 11) is -3.81. The molecule has 0 bridgehead atoms. The Labute approximate surface area is 149 Å². The molecule has 0 aliphatic carbocycles. The van der Waals surface area contributed by atoms with Gasteiger partial charge in [-0.1, -0.05) is 66.6 Å². The Hall–Kier alpha value is -2.05. The molecule has 0 saturated carbocycles. The monoisotopic (exact) mass is 358 g/mol. The van der Waals surface area contributed by atoms with Crippen molar-refractivity contribution < 1.29 is 18.1 Å². The molecule has 0 heterocycles. The van der Waals surface area contributed by atoms with Crippen LogP contribution in [0, 0.1) is 17.4 Å². The van der Waals surface area contributed by atoms with E-state index >= 15 is 0 Å². The third kappa shape index (κ3) is 7.58. The summed E-state index contributed by atoms with van der Waals surface area (Å²) in [6.45, 7) is 6.03. The molecule has 0 unspecified atom stereocenters. The highest BCUT2D eigenvalue weighted by Crippen LogP contribution is 2.50. The van der Waals surface area contributed by atoms with E-state index in [1.165, 1.54) is 0 Å². The number of phosphoric acid groups is 1. The van der Waals surface area contributed by atoms with Gasteiger partial charge in [-0.25, -0.2) is 4.57 Å². The molecule has 0 spiro atoms. The molecule has 0 fully saturated rings. The molecule has 2 rings (SSSR count). The molecular formula is C20H23O4P. The van der Waals surface area contributed by atoms with Gasteiger partial charge in [0, 0.05) is 5.41 Å². The van der Waals surface area contributed by atoms with Gasteiger partial charge in [0.15, 0.2) is 0 Å². The summed E-state index contributed by atoms with van der Waals surface area (Å²) in [4.78, 5) is 0. The Morgan fingerprint density at radius 2 is 1.28 bits per heavy atom. The van der Waals surface area contributed by atoms with E-state index in [0.29, 0.717) is 0 Å². The van der Waals surface area contributed by atoms with Crippen molar-refractivity contribution in [1.29, 1.82) is 0 Å². The molecule has 0 aliphatic rings. The zero-order valence-electron chi connectivity index (χ0n) is 14.8. The van der Waals surface area contributed by atoms with Crippen molar-refractivity contribution in [3.05, 3.63) is 71.8 Å². The van der Waals surface area contributed by atoms with E-state index in [0.717, 1.165) is 11.1 Å². The van der Waals surface area contributed by atoms with E-state index in [9.17, 15) is 4.57 Å². The van der Waals surface area contributed by atoms with Crippen molar-refractivity contribution in [2.45, 2.75) is 34.0 Å². The topological polar surface area (TPSA) is 44.8 Å². The van der Waals surface area contributed by atoms with Crippen LogP contribution in [0.15, 0.2) is 60.7 Å². The highest BCUT2D eigenvalue weighted by Gasteiger charge is 2.28. The highest BCUT2D eigenvalue weighted by molar-refractivity contribution is 7.48. The average Bonchev–Trinajstić information content (AvgIpc) is 2.59. The van der Waals surface area contributed by atoms with Gasteiger partial charge in [-0.15, -0.1) is 0 Å². The molecule has 2 aromatic rings. The molecule has 0 radical (unpaired) electrons. The van der Waals surface area contributed by atoms with Crippen molar-refractivity contribution in [3.8, 4) is 12.0 Å². The summed E-state index contributed by atoms with van der Waals surface area (Å²) >= 11 is 0. The van der Waals surface area contributed by atoms with Crippen molar-refractivity contribution >= 4 is 7.82 Å². The van der Waals surface area contributed by atoms with E-state index in [1.54, 1.807) is 0 Å². The number of hydrogen-bond acceptors (Lipinski definition) is 4. The van der Waals surface area contributed by atoms with Crippen LogP contribution in [0.5, 0.6) is 0 Å². The number of hydrogen-bond donors (Lipinski definition) is 0. The number of benzene rings is 2. The maximum atomic E-state index is 12.9.